The third-order valence-electron chi connectivity index (χ3n) is 6.36. The van der Waals surface area contributed by atoms with E-state index >= 15 is 0 Å². The van der Waals surface area contributed by atoms with E-state index in [9.17, 15) is 23.1 Å². The normalized spacial score (nSPS) is 30.4. The Morgan fingerprint density at radius 1 is 1.03 bits per heavy atom. The quantitative estimate of drug-likeness (QED) is 0.750. The molecule has 3 heterocycles. The van der Waals surface area contributed by atoms with E-state index in [2.05, 4.69) is 12.2 Å². The van der Waals surface area contributed by atoms with Crippen molar-refractivity contribution in [1.29, 1.82) is 0 Å². The zero-order valence-electron chi connectivity index (χ0n) is 16.3. The van der Waals surface area contributed by atoms with Crippen LogP contribution in [0, 0.1) is 17.8 Å². The largest absolute Gasteiger partial charge is 0.481 e. The number of nitrogens with one attached hydrogen (secondary N) is 1. The van der Waals surface area contributed by atoms with Gasteiger partial charge in [-0.15, -0.1) is 0 Å². The van der Waals surface area contributed by atoms with E-state index in [1.54, 1.807) is 12.1 Å². The Balaban J connectivity index is 1.44. The average molecular weight is 423 g/mol. The van der Waals surface area contributed by atoms with E-state index in [-0.39, 0.29) is 11.0 Å². The summed E-state index contributed by atoms with van der Waals surface area (Å²) in [5.41, 5.74) is 0.438. The lowest BCUT2D eigenvalue weighted by molar-refractivity contribution is -0.147. The van der Waals surface area contributed by atoms with Crippen molar-refractivity contribution in [2.75, 3.05) is 18.4 Å². The Morgan fingerprint density at radius 2 is 1.62 bits per heavy atom. The molecule has 1 amide bonds. The highest BCUT2D eigenvalue weighted by atomic mass is 32.2. The van der Waals surface area contributed by atoms with Crippen LogP contribution in [0.25, 0.3) is 0 Å². The Labute approximate surface area is 170 Å². The van der Waals surface area contributed by atoms with Crippen LogP contribution in [0.1, 0.15) is 32.6 Å². The summed E-state index contributed by atoms with van der Waals surface area (Å²) < 4.78 is 32.7. The molecule has 0 radical (unpaired) electrons. The van der Waals surface area contributed by atoms with Crippen molar-refractivity contribution in [2.45, 2.75) is 49.7 Å². The van der Waals surface area contributed by atoms with E-state index in [0.717, 1.165) is 12.8 Å². The van der Waals surface area contributed by atoms with Crippen molar-refractivity contribution in [3.05, 3.63) is 24.3 Å². The molecule has 0 aromatic heterocycles. The summed E-state index contributed by atoms with van der Waals surface area (Å²) in [6, 6.07) is 6.05. The molecular formula is C20H26N2O6S. The molecular weight excluding hydrogens is 396 g/mol. The zero-order valence-corrected chi connectivity index (χ0v) is 17.1. The summed E-state index contributed by atoms with van der Waals surface area (Å²) in [5.74, 6) is -2.46. The molecule has 0 spiro atoms. The molecule has 4 rings (SSSR count). The molecule has 29 heavy (non-hydrogen) atoms. The number of nitrogens with zero attached hydrogens (tertiary/aromatic N) is 1. The highest BCUT2D eigenvalue weighted by Gasteiger charge is 2.55. The third kappa shape index (κ3) is 3.78. The van der Waals surface area contributed by atoms with Crippen LogP contribution in [0.15, 0.2) is 29.2 Å². The van der Waals surface area contributed by atoms with Crippen LogP contribution in [-0.4, -0.2) is 55.0 Å². The maximum Gasteiger partial charge on any atom is 0.310 e. The fourth-order valence-electron chi connectivity index (χ4n) is 4.63. The molecule has 1 aromatic rings. The van der Waals surface area contributed by atoms with Crippen LogP contribution in [0.5, 0.6) is 0 Å². The topological polar surface area (TPSA) is 113 Å². The predicted octanol–water partition coefficient (Wildman–Crippen LogP) is 1.92. The number of carboxylic acids is 1. The highest BCUT2D eigenvalue weighted by molar-refractivity contribution is 7.89. The number of carboxylic acid groups (broad SMARTS) is 1. The second kappa shape index (κ2) is 7.70. The van der Waals surface area contributed by atoms with E-state index in [0.29, 0.717) is 37.5 Å². The lowest BCUT2D eigenvalue weighted by atomic mass is 9.78. The van der Waals surface area contributed by atoms with Gasteiger partial charge in [0.2, 0.25) is 15.9 Å². The number of hydrogen-bond acceptors (Lipinski definition) is 5. The second-order valence-corrected chi connectivity index (χ2v) is 10.2. The number of rotatable bonds is 5. The number of sulfonamides is 1. The molecule has 158 valence electrons. The van der Waals surface area contributed by atoms with Gasteiger partial charge in [0.15, 0.2) is 0 Å². The fourth-order valence-corrected chi connectivity index (χ4v) is 6.10. The monoisotopic (exact) mass is 422 g/mol. The molecule has 1 aromatic carbocycles. The predicted molar refractivity (Wildman–Crippen MR) is 105 cm³/mol. The van der Waals surface area contributed by atoms with Gasteiger partial charge >= 0.3 is 5.97 Å². The van der Waals surface area contributed by atoms with Gasteiger partial charge in [-0.3, -0.25) is 9.59 Å². The number of ether oxygens (including phenoxy) is 1. The molecule has 0 unspecified atom stereocenters. The zero-order chi connectivity index (χ0) is 20.8. The number of carbonyl (C=O) groups is 2. The van der Waals surface area contributed by atoms with Crippen LogP contribution in [0.3, 0.4) is 0 Å². The summed E-state index contributed by atoms with van der Waals surface area (Å²) in [6.45, 7) is 3.16. The van der Waals surface area contributed by atoms with Crippen molar-refractivity contribution < 1.29 is 27.9 Å². The Kier molecular flexibility index (Phi) is 5.39. The number of carbonyl (C=O) groups excluding carboxylic acids is 1. The lowest BCUT2D eigenvalue weighted by Gasteiger charge is -2.29. The number of hydrogen-bond donors (Lipinski definition) is 2. The molecule has 0 aliphatic carbocycles. The van der Waals surface area contributed by atoms with Crippen LogP contribution in [0.4, 0.5) is 5.69 Å². The van der Waals surface area contributed by atoms with Gasteiger partial charge in [-0.25, -0.2) is 8.42 Å². The summed E-state index contributed by atoms with van der Waals surface area (Å²) >= 11 is 0. The van der Waals surface area contributed by atoms with Gasteiger partial charge in [0.25, 0.3) is 0 Å². The Morgan fingerprint density at radius 3 is 2.21 bits per heavy atom. The number of benzene rings is 1. The summed E-state index contributed by atoms with van der Waals surface area (Å²) in [7, 11) is -3.55. The van der Waals surface area contributed by atoms with Gasteiger partial charge < -0.3 is 15.2 Å². The first kappa shape index (κ1) is 20.3. The first-order valence-corrected chi connectivity index (χ1v) is 11.5. The Bertz CT molecular complexity index is 892. The van der Waals surface area contributed by atoms with E-state index < -0.39 is 39.8 Å². The molecule has 3 aliphatic heterocycles. The van der Waals surface area contributed by atoms with Crippen LogP contribution in [-0.2, 0) is 24.3 Å². The maximum absolute atomic E-state index is 12.8. The minimum absolute atomic E-state index is 0.191. The van der Waals surface area contributed by atoms with Crippen molar-refractivity contribution in [2.24, 2.45) is 17.8 Å². The minimum atomic E-state index is -3.55. The molecule has 8 nitrogen and oxygen atoms in total. The van der Waals surface area contributed by atoms with Crippen LogP contribution < -0.4 is 5.32 Å². The highest BCUT2D eigenvalue weighted by Crippen LogP contribution is 2.44. The first-order chi connectivity index (χ1) is 13.8. The fraction of sp³-hybridized carbons (Fsp3) is 0.600. The van der Waals surface area contributed by atoms with Gasteiger partial charge in [-0.1, -0.05) is 6.92 Å². The van der Waals surface area contributed by atoms with E-state index in [1.165, 1.54) is 16.4 Å². The van der Waals surface area contributed by atoms with Crippen molar-refractivity contribution in [1.82, 2.24) is 4.31 Å². The number of anilines is 1. The number of piperidine rings is 1. The molecule has 0 saturated carbocycles. The molecule has 3 fully saturated rings. The standard InChI is InChI=1S/C20H26N2O6S/c1-12-8-10-22(11-9-12)29(26,27)14-4-2-13(3-5-14)21-19(23)17-15-6-7-16(28-15)18(17)20(24)25/h2-5,12,15-18H,6-11H2,1H3,(H,21,23)(H,24,25)/t15-,16-,17-,18-/m1/s1. The minimum Gasteiger partial charge on any atom is -0.481 e. The van der Waals surface area contributed by atoms with E-state index in [1.807, 2.05) is 0 Å². The summed E-state index contributed by atoms with van der Waals surface area (Å²) in [4.78, 5) is 24.4. The van der Waals surface area contributed by atoms with Gasteiger partial charge in [-0.05, 0) is 55.9 Å². The van der Waals surface area contributed by atoms with Crippen molar-refractivity contribution in [3.8, 4) is 0 Å². The molecule has 3 aliphatic rings. The molecule has 3 saturated heterocycles. The van der Waals surface area contributed by atoms with Crippen LogP contribution in [0.2, 0.25) is 0 Å². The van der Waals surface area contributed by atoms with Crippen molar-refractivity contribution in [3.63, 3.8) is 0 Å². The SMILES string of the molecule is CC1CCN(S(=O)(=O)c2ccc(NC(=O)[C@H]3[C@H](C(=O)O)[C@H]4CC[C@H]3O4)cc2)CC1. The number of amides is 1. The average Bonchev–Trinajstić information content (AvgIpc) is 3.30. The number of aliphatic carboxylic acids is 1. The van der Waals surface area contributed by atoms with Crippen LogP contribution >= 0.6 is 0 Å². The van der Waals surface area contributed by atoms with Gasteiger partial charge in [0.1, 0.15) is 0 Å². The van der Waals surface area contributed by atoms with E-state index in [4.69, 9.17) is 4.74 Å². The molecule has 2 N–H and O–H groups in total. The summed E-state index contributed by atoms with van der Waals surface area (Å²) in [6.07, 6.45) is 2.26. The second-order valence-electron chi connectivity index (χ2n) is 8.28. The molecule has 4 atom stereocenters. The molecule has 2 bridgehead atoms. The van der Waals surface area contributed by atoms with Gasteiger partial charge in [-0.2, -0.15) is 4.31 Å². The molecule has 9 heteroatoms. The summed E-state index contributed by atoms with van der Waals surface area (Å²) in [5, 5.41) is 12.2. The smallest absolute Gasteiger partial charge is 0.310 e. The first-order valence-electron chi connectivity index (χ1n) is 10.1. The Hall–Kier alpha value is -1.97. The lowest BCUT2D eigenvalue weighted by Crippen LogP contribution is -2.41. The van der Waals surface area contributed by atoms with Gasteiger partial charge in [0, 0.05) is 18.8 Å². The van der Waals surface area contributed by atoms with Gasteiger partial charge in [0.05, 0.1) is 28.9 Å². The number of fused-ring (bicyclic) bond motifs is 2. The van der Waals surface area contributed by atoms with Crippen molar-refractivity contribution >= 4 is 27.6 Å². The third-order valence-corrected chi connectivity index (χ3v) is 8.28. The maximum atomic E-state index is 12.8.